The summed E-state index contributed by atoms with van der Waals surface area (Å²) in [6.45, 7) is 4.72. The van der Waals surface area contributed by atoms with Crippen molar-refractivity contribution in [3.05, 3.63) is 187 Å². The molecule has 0 spiro atoms. The molecule has 10 rings (SSSR count). The van der Waals surface area contributed by atoms with Gasteiger partial charge in [-0.1, -0.05) is 153 Å². The van der Waals surface area contributed by atoms with Crippen LogP contribution in [0, 0.1) is 0 Å². The Morgan fingerprint density at radius 3 is 1.92 bits per heavy atom. The second kappa shape index (κ2) is 11.6. The minimum Gasteiger partial charge on any atom is -0.309 e. The van der Waals surface area contributed by atoms with Crippen LogP contribution in [-0.2, 0) is 5.41 Å². The van der Waals surface area contributed by atoms with Gasteiger partial charge in [-0.05, 0) is 80.6 Å². The Labute approximate surface area is 302 Å². The van der Waals surface area contributed by atoms with Gasteiger partial charge in [0.1, 0.15) is 0 Å². The molecule has 1 heterocycles. The molecule has 8 aromatic carbocycles. The summed E-state index contributed by atoms with van der Waals surface area (Å²) in [5, 5.41) is 5.17. The van der Waals surface area contributed by atoms with Gasteiger partial charge in [0, 0.05) is 42.4 Å². The van der Waals surface area contributed by atoms with Gasteiger partial charge in [-0.25, -0.2) is 0 Å². The molecule has 1 aliphatic rings. The van der Waals surface area contributed by atoms with E-state index < -0.39 is 0 Å². The van der Waals surface area contributed by atoms with Crippen LogP contribution in [0.5, 0.6) is 0 Å². The first-order chi connectivity index (χ1) is 25.1. The SMILES string of the molecule is CC1(C)c2ccccc2-c2c(N(c3ccc(-c4cccc5ccccc45)cc3)c3ccccc3-c3ccc4c(c3)sc3ccccc34)cccc21. The number of para-hydroxylation sites is 1. The summed E-state index contributed by atoms with van der Waals surface area (Å²) in [4.78, 5) is 2.49. The second-order valence-corrected chi connectivity index (χ2v) is 15.2. The largest absolute Gasteiger partial charge is 0.309 e. The van der Waals surface area contributed by atoms with Gasteiger partial charge in [0.2, 0.25) is 0 Å². The van der Waals surface area contributed by atoms with E-state index in [1.165, 1.54) is 81.1 Å². The highest BCUT2D eigenvalue weighted by atomic mass is 32.1. The van der Waals surface area contributed by atoms with Crippen LogP contribution < -0.4 is 4.90 Å². The van der Waals surface area contributed by atoms with E-state index in [0.717, 1.165) is 11.4 Å². The molecule has 51 heavy (non-hydrogen) atoms. The summed E-state index contributed by atoms with van der Waals surface area (Å²) in [6.07, 6.45) is 0. The van der Waals surface area contributed by atoms with Crippen LogP contribution in [0.1, 0.15) is 25.0 Å². The zero-order valence-electron chi connectivity index (χ0n) is 28.6. The summed E-state index contributed by atoms with van der Waals surface area (Å²) < 4.78 is 2.64. The van der Waals surface area contributed by atoms with E-state index >= 15 is 0 Å². The van der Waals surface area contributed by atoms with E-state index in [1.54, 1.807) is 0 Å². The Bertz CT molecular complexity index is 2780. The Kier molecular flexibility index (Phi) is 6.78. The monoisotopic (exact) mass is 669 g/mol. The molecule has 0 N–H and O–H groups in total. The molecule has 9 aromatic rings. The maximum atomic E-state index is 2.49. The van der Waals surface area contributed by atoms with E-state index in [4.69, 9.17) is 0 Å². The first kappa shape index (κ1) is 29.9. The zero-order valence-corrected chi connectivity index (χ0v) is 29.4. The van der Waals surface area contributed by atoms with E-state index in [2.05, 4.69) is 195 Å². The van der Waals surface area contributed by atoms with Gasteiger partial charge in [-0.3, -0.25) is 0 Å². The minimum atomic E-state index is -0.0996. The lowest BCUT2D eigenvalue weighted by molar-refractivity contribution is 0.660. The maximum absolute atomic E-state index is 2.49. The van der Waals surface area contributed by atoms with Gasteiger partial charge in [0.25, 0.3) is 0 Å². The number of fused-ring (bicyclic) bond motifs is 7. The third-order valence-corrected chi connectivity index (χ3v) is 12.0. The quantitative estimate of drug-likeness (QED) is 0.176. The van der Waals surface area contributed by atoms with Crippen LogP contribution in [0.3, 0.4) is 0 Å². The number of thiophene rings is 1. The lowest BCUT2D eigenvalue weighted by atomic mass is 9.82. The normalized spacial score (nSPS) is 13.1. The molecule has 0 bridgehead atoms. The first-order valence-electron chi connectivity index (χ1n) is 17.7. The van der Waals surface area contributed by atoms with E-state index in [1.807, 2.05) is 11.3 Å². The molecule has 0 unspecified atom stereocenters. The van der Waals surface area contributed by atoms with Gasteiger partial charge in [-0.2, -0.15) is 0 Å². The molecule has 0 saturated carbocycles. The van der Waals surface area contributed by atoms with E-state index in [0.29, 0.717) is 0 Å². The average molecular weight is 670 g/mol. The molecule has 0 amide bonds. The zero-order chi connectivity index (χ0) is 34.1. The molecule has 2 heteroatoms. The van der Waals surface area contributed by atoms with Crippen LogP contribution in [0.2, 0.25) is 0 Å². The lowest BCUT2D eigenvalue weighted by Gasteiger charge is -2.30. The third kappa shape index (κ3) is 4.67. The standard InChI is InChI=1S/C49H35NS/c1-49(2)42-20-8-5-18-41(42)48-43(49)21-12-23-45(48)50(35-28-25-33(26-29-35)37-19-11-14-32-13-3-4-15-36(32)37)44-22-9-6-16-38(44)34-27-30-40-39-17-7-10-24-46(39)51-47(40)31-34/h3-31H,1-2H3. The number of nitrogens with zero attached hydrogens (tertiary/aromatic N) is 1. The molecule has 1 nitrogen and oxygen atoms in total. The second-order valence-electron chi connectivity index (χ2n) is 14.1. The smallest absolute Gasteiger partial charge is 0.0543 e. The highest BCUT2D eigenvalue weighted by molar-refractivity contribution is 7.25. The molecule has 0 atom stereocenters. The van der Waals surface area contributed by atoms with Gasteiger partial charge < -0.3 is 4.90 Å². The predicted octanol–water partition coefficient (Wildman–Crippen LogP) is 14.3. The van der Waals surface area contributed by atoms with Crippen LogP contribution >= 0.6 is 11.3 Å². The molecular formula is C49H35NS. The Hall–Kier alpha value is -5.96. The van der Waals surface area contributed by atoms with Crippen LogP contribution in [0.4, 0.5) is 17.1 Å². The topological polar surface area (TPSA) is 3.24 Å². The molecular weight excluding hydrogens is 635 g/mol. The number of hydrogen-bond donors (Lipinski definition) is 0. The van der Waals surface area contributed by atoms with Crippen molar-refractivity contribution in [2.45, 2.75) is 19.3 Å². The average Bonchev–Trinajstić information content (AvgIpc) is 3.67. The van der Waals surface area contributed by atoms with E-state index in [-0.39, 0.29) is 5.41 Å². The van der Waals surface area contributed by atoms with E-state index in [9.17, 15) is 0 Å². The van der Waals surface area contributed by atoms with Gasteiger partial charge in [0.15, 0.2) is 0 Å². The van der Waals surface area contributed by atoms with Crippen LogP contribution in [0.25, 0.3) is 64.3 Å². The third-order valence-electron chi connectivity index (χ3n) is 10.9. The van der Waals surface area contributed by atoms with Crippen molar-refractivity contribution in [1.82, 2.24) is 0 Å². The summed E-state index contributed by atoms with van der Waals surface area (Å²) in [7, 11) is 0. The first-order valence-corrected chi connectivity index (χ1v) is 18.5. The molecule has 0 saturated heterocycles. The van der Waals surface area contributed by atoms with Crippen molar-refractivity contribution in [2.75, 3.05) is 4.90 Å². The molecule has 242 valence electrons. The predicted molar refractivity (Wildman–Crippen MR) is 220 cm³/mol. The van der Waals surface area contributed by atoms with Crippen molar-refractivity contribution >= 4 is 59.3 Å². The lowest BCUT2D eigenvalue weighted by Crippen LogP contribution is -2.16. The Balaban J connectivity index is 1.19. The number of hydrogen-bond acceptors (Lipinski definition) is 2. The van der Waals surface area contributed by atoms with Crippen molar-refractivity contribution in [3.63, 3.8) is 0 Å². The molecule has 1 aromatic heterocycles. The molecule has 0 fully saturated rings. The minimum absolute atomic E-state index is 0.0996. The van der Waals surface area contributed by atoms with Gasteiger partial charge >= 0.3 is 0 Å². The fourth-order valence-corrected chi connectivity index (χ4v) is 9.55. The summed E-state index contributed by atoms with van der Waals surface area (Å²) >= 11 is 1.87. The van der Waals surface area contributed by atoms with Gasteiger partial charge in [0.05, 0.1) is 11.4 Å². The fraction of sp³-hybridized carbons (Fsp3) is 0.0612. The molecule has 0 radical (unpaired) electrons. The highest BCUT2D eigenvalue weighted by Crippen LogP contribution is 2.55. The molecule has 1 aliphatic carbocycles. The number of anilines is 3. The summed E-state index contributed by atoms with van der Waals surface area (Å²) in [6, 6.07) is 64.9. The van der Waals surface area contributed by atoms with Crippen LogP contribution in [-0.4, -0.2) is 0 Å². The summed E-state index contributed by atoms with van der Waals surface area (Å²) in [5.74, 6) is 0. The summed E-state index contributed by atoms with van der Waals surface area (Å²) in [5.41, 5.74) is 13.6. The van der Waals surface area contributed by atoms with Crippen LogP contribution in [0.15, 0.2) is 176 Å². The number of rotatable bonds is 5. The Morgan fingerprint density at radius 1 is 0.431 bits per heavy atom. The van der Waals surface area contributed by atoms with Crippen molar-refractivity contribution in [2.24, 2.45) is 0 Å². The fourth-order valence-electron chi connectivity index (χ4n) is 8.40. The van der Waals surface area contributed by atoms with Crippen molar-refractivity contribution in [3.8, 4) is 33.4 Å². The van der Waals surface area contributed by atoms with Crippen molar-refractivity contribution in [1.29, 1.82) is 0 Å². The Morgan fingerprint density at radius 2 is 1.04 bits per heavy atom. The molecule has 0 aliphatic heterocycles. The highest BCUT2D eigenvalue weighted by Gasteiger charge is 2.37. The van der Waals surface area contributed by atoms with Gasteiger partial charge in [-0.15, -0.1) is 11.3 Å². The van der Waals surface area contributed by atoms with Crippen molar-refractivity contribution < 1.29 is 0 Å². The number of benzene rings is 8. The maximum Gasteiger partial charge on any atom is 0.0543 e.